The highest BCUT2D eigenvalue weighted by Crippen LogP contribution is 2.38. The molecule has 0 spiro atoms. The lowest BCUT2D eigenvalue weighted by molar-refractivity contribution is -0.125. The third-order valence-electron chi connectivity index (χ3n) is 6.69. The summed E-state index contributed by atoms with van der Waals surface area (Å²) >= 11 is 1.73. The number of likely N-dealkylation sites (N-methyl/N-ethyl adjacent to an activating group) is 1. The number of rotatable bonds is 5. The Bertz CT molecular complexity index is 1080. The molecule has 0 bridgehead atoms. The van der Waals surface area contributed by atoms with Crippen LogP contribution in [0.3, 0.4) is 0 Å². The largest absolute Gasteiger partial charge is 0.369 e. The molecule has 2 aliphatic rings. The van der Waals surface area contributed by atoms with Gasteiger partial charge in [-0.25, -0.2) is 4.98 Å². The normalized spacial score (nSPS) is 21.7. The molecule has 32 heavy (non-hydrogen) atoms. The highest BCUT2D eigenvalue weighted by molar-refractivity contribution is 7.18. The average molecular weight is 447 g/mol. The average Bonchev–Trinajstić information content (AvgIpc) is 3.27. The first kappa shape index (κ1) is 21.2. The van der Waals surface area contributed by atoms with Gasteiger partial charge < -0.3 is 15.1 Å². The number of nitrogens with zero attached hydrogens (tertiary/aromatic N) is 3. The Morgan fingerprint density at radius 3 is 2.62 bits per heavy atom. The fourth-order valence-corrected chi connectivity index (χ4v) is 5.90. The van der Waals surface area contributed by atoms with Crippen molar-refractivity contribution in [1.29, 1.82) is 0 Å². The Morgan fingerprint density at radius 2 is 1.78 bits per heavy atom. The van der Waals surface area contributed by atoms with Gasteiger partial charge in [-0.1, -0.05) is 42.5 Å². The first-order valence-electron chi connectivity index (χ1n) is 11.5. The summed E-state index contributed by atoms with van der Waals surface area (Å²) in [6.45, 7) is 4.75. The number of allylic oxidation sites excluding steroid dienone is 2. The molecule has 1 aliphatic heterocycles. The number of hydrogen-bond donors (Lipinski definition) is 1. The molecule has 2 heterocycles. The Morgan fingerprint density at radius 1 is 1.03 bits per heavy atom. The molecule has 2 unspecified atom stereocenters. The summed E-state index contributed by atoms with van der Waals surface area (Å²) in [7, 11) is 2.17. The van der Waals surface area contributed by atoms with E-state index in [9.17, 15) is 4.79 Å². The van der Waals surface area contributed by atoms with Gasteiger partial charge in [-0.15, -0.1) is 11.3 Å². The molecule has 2 atom stereocenters. The van der Waals surface area contributed by atoms with Crippen LogP contribution >= 0.6 is 11.3 Å². The van der Waals surface area contributed by atoms with E-state index in [-0.39, 0.29) is 17.7 Å². The minimum Gasteiger partial charge on any atom is -0.369 e. The fourth-order valence-electron chi connectivity index (χ4n) is 4.76. The Kier molecular flexibility index (Phi) is 6.23. The van der Waals surface area contributed by atoms with Crippen LogP contribution in [-0.4, -0.2) is 49.0 Å². The molecule has 166 valence electrons. The van der Waals surface area contributed by atoms with E-state index in [2.05, 4.69) is 70.7 Å². The summed E-state index contributed by atoms with van der Waals surface area (Å²) in [6.07, 6.45) is 5.98. The van der Waals surface area contributed by atoms with E-state index in [1.165, 1.54) is 16.0 Å². The summed E-state index contributed by atoms with van der Waals surface area (Å²) in [5.41, 5.74) is 3.46. The molecule has 0 saturated carbocycles. The molecule has 1 amide bonds. The van der Waals surface area contributed by atoms with E-state index >= 15 is 0 Å². The lowest BCUT2D eigenvalue weighted by Crippen LogP contribution is -2.45. The first-order chi connectivity index (χ1) is 15.7. The van der Waals surface area contributed by atoms with Gasteiger partial charge in [-0.3, -0.25) is 4.79 Å². The number of hydrogen-bond acceptors (Lipinski definition) is 5. The smallest absolute Gasteiger partial charge is 0.224 e. The number of nitrogens with one attached hydrogen (secondary N) is 1. The van der Waals surface area contributed by atoms with Crippen LogP contribution in [0.4, 0.5) is 5.69 Å². The second-order valence-electron chi connectivity index (χ2n) is 8.81. The molecule has 1 fully saturated rings. The Balaban J connectivity index is 1.30. The number of carbonyl (C=O) groups is 1. The first-order valence-corrected chi connectivity index (χ1v) is 12.3. The standard InChI is InChI=1S/C26H30N4OS/c1-29-14-16-30(17-15-29)23-12-6-2-8-19(23)18-27-25(31)20-9-3-4-10-21(20)26-28-22-11-5-7-13-24(22)32-26/h2-8,11-13,20-21H,9-10,14-18H2,1H3,(H,27,31). The summed E-state index contributed by atoms with van der Waals surface area (Å²) < 4.78 is 1.19. The number of aromatic nitrogens is 1. The van der Waals surface area contributed by atoms with Crippen molar-refractivity contribution in [2.24, 2.45) is 5.92 Å². The molecule has 2 aromatic carbocycles. The second kappa shape index (κ2) is 9.43. The SMILES string of the molecule is CN1CCN(c2ccccc2CNC(=O)C2CC=CCC2c2nc3ccccc3s2)CC1. The number of amides is 1. The molecule has 1 saturated heterocycles. The maximum absolute atomic E-state index is 13.3. The highest BCUT2D eigenvalue weighted by Gasteiger charge is 2.32. The van der Waals surface area contributed by atoms with E-state index in [0.717, 1.165) is 49.5 Å². The van der Waals surface area contributed by atoms with Crippen LogP contribution in [0.25, 0.3) is 10.2 Å². The minimum absolute atomic E-state index is 0.0728. The van der Waals surface area contributed by atoms with E-state index in [4.69, 9.17) is 4.98 Å². The topological polar surface area (TPSA) is 48.5 Å². The van der Waals surface area contributed by atoms with Gasteiger partial charge in [0, 0.05) is 44.3 Å². The van der Waals surface area contributed by atoms with Crippen LogP contribution in [0.2, 0.25) is 0 Å². The lowest BCUT2D eigenvalue weighted by atomic mass is 9.82. The summed E-state index contributed by atoms with van der Waals surface area (Å²) in [5, 5.41) is 4.33. The van der Waals surface area contributed by atoms with Crippen molar-refractivity contribution in [1.82, 2.24) is 15.2 Å². The highest BCUT2D eigenvalue weighted by atomic mass is 32.1. The summed E-state index contributed by atoms with van der Waals surface area (Å²) in [5.74, 6) is 0.202. The number of carbonyl (C=O) groups excluding carboxylic acids is 1. The molecule has 1 aliphatic carbocycles. The van der Waals surface area contributed by atoms with Crippen molar-refractivity contribution in [3.05, 3.63) is 71.3 Å². The van der Waals surface area contributed by atoms with Crippen molar-refractivity contribution in [2.45, 2.75) is 25.3 Å². The van der Waals surface area contributed by atoms with Gasteiger partial charge in [0.15, 0.2) is 0 Å². The van der Waals surface area contributed by atoms with Crippen molar-refractivity contribution >= 4 is 33.1 Å². The van der Waals surface area contributed by atoms with Gasteiger partial charge in [0.25, 0.3) is 0 Å². The van der Waals surface area contributed by atoms with Gasteiger partial charge in [0.2, 0.25) is 5.91 Å². The number of benzene rings is 2. The van der Waals surface area contributed by atoms with Gasteiger partial charge in [0.1, 0.15) is 0 Å². The maximum atomic E-state index is 13.3. The molecule has 1 aromatic heterocycles. The third kappa shape index (κ3) is 4.43. The van der Waals surface area contributed by atoms with E-state index in [1.807, 2.05) is 12.1 Å². The maximum Gasteiger partial charge on any atom is 0.224 e. The van der Waals surface area contributed by atoms with Gasteiger partial charge in [-0.05, 0) is 43.7 Å². The summed E-state index contributed by atoms with van der Waals surface area (Å²) in [4.78, 5) is 23.0. The fraction of sp³-hybridized carbons (Fsp3) is 0.385. The van der Waals surface area contributed by atoms with Crippen LogP contribution in [-0.2, 0) is 11.3 Å². The van der Waals surface area contributed by atoms with Crippen LogP contribution in [0.1, 0.15) is 29.3 Å². The molecule has 6 heteroatoms. The molecule has 1 N–H and O–H groups in total. The zero-order chi connectivity index (χ0) is 21.9. The quantitative estimate of drug-likeness (QED) is 0.590. The van der Waals surface area contributed by atoms with Crippen LogP contribution in [0, 0.1) is 5.92 Å². The predicted molar refractivity (Wildman–Crippen MR) is 132 cm³/mol. The second-order valence-corrected chi connectivity index (χ2v) is 9.87. The summed E-state index contributed by atoms with van der Waals surface area (Å²) in [6, 6.07) is 16.7. The number of fused-ring (bicyclic) bond motifs is 1. The van der Waals surface area contributed by atoms with Crippen molar-refractivity contribution in [2.75, 3.05) is 38.1 Å². The van der Waals surface area contributed by atoms with E-state index in [1.54, 1.807) is 11.3 Å². The Hall–Kier alpha value is -2.70. The number of anilines is 1. The van der Waals surface area contributed by atoms with Crippen LogP contribution < -0.4 is 10.2 Å². The van der Waals surface area contributed by atoms with Crippen LogP contribution in [0.15, 0.2) is 60.7 Å². The van der Waals surface area contributed by atoms with Crippen molar-refractivity contribution in [3.63, 3.8) is 0 Å². The van der Waals surface area contributed by atoms with Gasteiger partial charge in [0.05, 0.1) is 21.1 Å². The van der Waals surface area contributed by atoms with E-state index < -0.39 is 0 Å². The minimum atomic E-state index is -0.0728. The molecular weight excluding hydrogens is 416 g/mol. The number of para-hydroxylation sites is 2. The number of thiazole rings is 1. The van der Waals surface area contributed by atoms with Gasteiger partial charge in [-0.2, -0.15) is 0 Å². The number of piperazine rings is 1. The third-order valence-corrected chi connectivity index (χ3v) is 7.85. The lowest BCUT2D eigenvalue weighted by Gasteiger charge is -2.35. The monoisotopic (exact) mass is 446 g/mol. The molecule has 0 radical (unpaired) electrons. The van der Waals surface area contributed by atoms with Crippen molar-refractivity contribution in [3.8, 4) is 0 Å². The van der Waals surface area contributed by atoms with Gasteiger partial charge >= 0.3 is 0 Å². The van der Waals surface area contributed by atoms with E-state index in [0.29, 0.717) is 6.54 Å². The Labute approximate surface area is 193 Å². The molecule has 5 rings (SSSR count). The molecular formula is C26H30N4OS. The molecule has 3 aromatic rings. The molecule has 5 nitrogen and oxygen atoms in total. The predicted octanol–water partition coefficient (Wildman–Crippen LogP) is 4.41. The van der Waals surface area contributed by atoms with Crippen molar-refractivity contribution < 1.29 is 4.79 Å². The zero-order valence-electron chi connectivity index (χ0n) is 18.5. The zero-order valence-corrected chi connectivity index (χ0v) is 19.4. The van der Waals surface area contributed by atoms with Crippen LogP contribution in [0.5, 0.6) is 0 Å².